The minimum atomic E-state index is -0.698. The molecule has 3 saturated heterocycles. The number of aliphatic hydroxyl groups excluding tert-OH is 1. The highest BCUT2D eigenvalue weighted by Crippen LogP contribution is 2.68. The average molecular weight is 566 g/mol. The number of anilines is 2. The van der Waals surface area contributed by atoms with E-state index in [0.717, 1.165) is 29.0 Å². The molecule has 0 aromatic heterocycles. The van der Waals surface area contributed by atoms with Crippen molar-refractivity contribution in [1.29, 1.82) is 0 Å². The molecule has 214 valence electrons. The van der Waals surface area contributed by atoms with Crippen LogP contribution in [-0.4, -0.2) is 63.5 Å². The summed E-state index contributed by atoms with van der Waals surface area (Å²) in [5.41, 5.74) is 3.34. The van der Waals surface area contributed by atoms with Crippen LogP contribution in [0.25, 0.3) is 0 Å². The van der Waals surface area contributed by atoms with Gasteiger partial charge in [0.2, 0.25) is 17.7 Å². The Balaban J connectivity index is 1.46. The highest BCUT2D eigenvalue weighted by molar-refractivity contribution is 8.02. The number of nitrogens with one attached hydrogen (secondary N) is 2. The van der Waals surface area contributed by atoms with E-state index in [-0.39, 0.29) is 35.5 Å². The normalized spacial score (nSPS) is 28.5. The summed E-state index contributed by atoms with van der Waals surface area (Å²) in [6.45, 7) is 8.91. The van der Waals surface area contributed by atoms with Crippen molar-refractivity contribution in [2.45, 2.75) is 63.0 Å². The Hall–Kier alpha value is -3.04. The minimum absolute atomic E-state index is 0.0240. The fourth-order valence-electron chi connectivity index (χ4n) is 6.98. The van der Waals surface area contributed by atoms with E-state index in [9.17, 15) is 19.5 Å². The molecule has 3 unspecified atom stereocenters. The molecule has 5 rings (SSSR count). The predicted octanol–water partition coefficient (Wildman–Crippen LogP) is 4.39. The molecule has 3 heterocycles. The zero-order valence-corrected chi connectivity index (χ0v) is 24.4. The quantitative estimate of drug-likeness (QED) is 0.369. The van der Waals surface area contributed by atoms with Gasteiger partial charge in [-0.2, -0.15) is 0 Å². The third kappa shape index (κ3) is 4.77. The second-order valence-corrected chi connectivity index (χ2v) is 12.8. The van der Waals surface area contributed by atoms with E-state index < -0.39 is 22.6 Å². The maximum Gasteiger partial charge on any atom is 0.248 e. The minimum Gasteiger partial charge on any atom is -0.494 e. The third-order valence-corrected chi connectivity index (χ3v) is 10.8. The molecule has 0 aliphatic carbocycles. The smallest absolute Gasteiger partial charge is 0.248 e. The Bertz CT molecular complexity index is 1260. The molecular formula is C31H39N3O5S. The molecule has 0 saturated carbocycles. The molecule has 1 spiro atoms. The van der Waals surface area contributed by atoms with Crippen molar-refractivity contribution < 1.29 is 24.2 Å². The van der Waals surface area contributed by atoms with Crippen molar-refractivity contribution in [2.75, 3.05) is 30.4 Å². The number of amides is 3. The lowest BCUT2D eigenvalue weighted by Crippen LogP contribution is -2.55. The Kier molecular flexibility index (Phi) is 8.15. The van der Waals surface area contributed by atoms with Gasteiger partial charge in [0.15, 0.2) is 0 Å². The van der Waals surface area contributed by atoms with Crippen LogP contribution in [0.3, 0.4) is 0 Å². The number of benzene rings is 2. The predicted molar refractivity (Wildman–Crippen MR) is 157 cm³/mol. The average Bonchev–Trinajstić information content (AvgIpc) is 3.51. The number of hydrogen-bond acceptors (Lipinski definition) is 6. The van der Waals surface area contributed by atoms with Crippen molar-refractivity contribution in [3.63, 3.8) is 0 Å². The summed E-state index contributed by atoms with van der Waals surface area (Å²) in [6, 6.07) is 12.4. The van der Waals surface area contributed by atoms with E-state index in [1.165, 1.54) is 0 Å². The summed E-state index contributed by atoms with van der Waals surface area (Å²) in [5, 5.41) is 15.6. The standard InChI is InChI=1S/C31H39N3O5S/c1-5-39-22-13-11-21(12-14-22)32-28(36)24-23-17-20(4)31(40-23)25(24)30(38)34(15-6-7-16-35)27(31)29(37)33-26-18(2)9-8-10-19(26)3/h8-14,20,23-25,27,35H,5-7,15-17H2,1-4H3,(H,32,36)(H,33,37)/t20?,23-,24+,25-,27?,31?/m0/s1. The Morgan fingerprint density at radius 2 is 1.77 bits per heavy atom. The summed E-state index contributed by atoms with van der Waals surface area (Å²) in [7, 11) is 0. The van der Waals surface area contributed by atoms with Gasteiger partial charge in [-0.05, 0) is 81.3 Å². The van der Waals surface area contributed by atoms with Gasteiger partial charge in [0, 0.05) is 29.8 Å². The third-order valence-electron chi connectivity index (χ3n) is 8.77. The van der Waals surface area contributed by atoms with Gasteiger partial charge in [-0.15, -0.1) is 11.8 Å². The first-order valence-corrected chi connectivity index (χ1v) is 15.1. The van der Waals surface area contributed by atoms with Gasteiger partial charge in [-0.25, -0.2) is 0 Å². The topological polar surface area (TPSA) is 108 Å². The highest BCUT2D eigenvalue weighted by Gasteiger charge is 2.75. The molecule has 2 aromatic carbocycles. The van der Waals surface area contributed by atoms with E-state index in [4.69, 9.17) is 4.74 Å². The molecular weight excluding hydrogens is 526 g/mol. The van der Waals surface area contributed by atoms with Gasteiger partial charge in [-0.3, -0.25) is 14.4 Å². The SMILES string of the molecule is CCOc1ccc(NC(=O)[C@@H]2[C@@H]3CC(C)C4(S3)C(C(=O)Nc3c(C)cccc3C)N(CCCCO)C(=O)[C@H]24)cc1. The lowest BCUT2D eigenvalue weighted by molar-refractivity contribution is -0.138. The van der Waals surface area contributed by atoms with E-state index in [2.05, 4.69) is 17.6 Å². The molecule has 3 fully saturated rings. The van der Waals surface area contributed by atoms with Crippen LogP contribution >= 0.6 is 11.8 Å². The van der Waals surface area contributed by atoms with Crippen LogP contribution < -0.4 is 15.4 Å². The number of thioether (sulfide) groups is 1. The zero-order chi connectivity index (χ0) is 28.6. The van der Waals surface area contributed by atoms with Crippen molar-refractivity contribution in [2.24, 2.45) is 17.8 Å². The largest absolute Gasteiger partial charge is 0.494 e. The number of aryl methyl sites for hydroxylation is 2. The molecule has 6 atom stereocenters. The summed E-state index contributed by atoms with van der Waals surface area (Å²) in [5.74, 6) is -0.818. The number of aliphatic hydroxyl groups is 1. The van der Waals surface area contributed by atoms with Crippen molar-refractivity contribution in [3.8, 4) is 5.75 Å². The van der Waals surface area contributed by atoms with Crippen molar-refractivity contribution in [1.82, 2.24) is 4.90 Å². The maximum atomic E-state index is 14.2. The van der Waals surface area contributed by atoms with Gasteiger partial charge in [0.25, 0.3) is 0 Å². The number of ether oxygens (including phenoxy) is 1. The Morgan fingerprint density at radius 1 is 1.07 bits per heavy atom. The van der Waals surface area contributed by atoms with Crippen LogP contribution in [0.15, 0.2) is 42.5 Å². The Morgan fingerprint density at radius 3 is 2.42 bits per heavy atom. The van der Waals surface area contributed by atoms with E-state index in [1.807, 2.05) is 51.1 Å². The van der Waals surface area contributed by atoms with Crippen LogP contribution in [0.5, 0.6) is 5.75 Å². The molecule has 2 bridgehead atoms. The molecule has 3 N–H and O–H groups in total. The van der Waals surface area contributed by atoms with Gasteiger partial charge in [0.05, 0.1) is 23.2 Å². The number of fused-ring (bicyclic) bond motifs is 1. The van der Waals surface area contributed by atoms with Crippen LogP contribution in [-0.2, 0) is 14.4 Å². The summed E-state index contributed by atoms with van der Waals surface area (Å²) in [6.07, 6.45) is 1.90. The van der Waals surface area contributed by atoms with Crippen LogP contribution in [0.4, 0.5) is 11.4 Å². The number of carbonyl (C=O) groups excluding carboxylic acids is 3. The summed E-state index contributed by atoms with van der Waals surface area (Å²) in [4.78, 5) is 43.8. The lowest BCUT2D eigenvalue weighted by Gasteiger charge is -2.38. The first-order valence-electron chi connectivity index (χ1n) is 14.2. The molecule has 8 nitrogen and oxygen atoms in total. The number of carbonyl (C=O) groups is 3. The molecule has 0 radical (unpaired) electrons. The number of rotatable bonds is 10. The number of hydrogen-bond donors (Lipinski definition) is 3. The second-order valence-electron chi connectivity index (χ2n) is 11.2. The lowest BCUT2D eigenvalue weighted by atomic mass is 9.66. The van der Waals surface area contributed by atoms with Crippen molar-refractivity contribution >= 4 is 40.9 Å². The summed E-state index contributed by atoms with van der Waals surface area (Å²) < 4.78 is 4.82. The molecule has 9 heteroatoms. The van der Waals surface area contributed by atoms with Crippen LogP contribution in [0, 0.1) is 31.6 Å². The number of unbranched alkanes of at least 4 members (excludes halogenated alkanes) is 1. The highest BCUT2D eigenvalue weighted by atomic mass is 32.2. The van der Waals surface area contributed by atoms with Gasteiger partial charge >= 0.3 is 0 Å². The number of para-hydroxylation sites is 1. The van der Waals surface area contributed by atoms with Gasteiger partial charge in [-0.1, -0.05) is 25.1 Å². The number of likely N-dealkylation sites (tertiary alicyclic amines) is 1. The molecule has 3 amide bonds. The zero-order valence-electron chi connectivity index (χ0n) is 23.6. The fourth-order valence-corrected chi connectivity index (χ4v) is 9.41. The van der Waals surface area contributed by atoms with Crippen LogP contribution in [0.1, 0.15) is 44.2 Å². The Labute approximate surface area is 240 Å². The van der Waals surface area contributed by atoms with Gasteiger partial charge < -0.3 is 25.4 Å². The summed E-state index contributed by atoms with van der Waals surface area (Å²) >= 11 is 1.66. The fraction of sp³-hybridized carbons (Fsp3) is 0.516. The molecule has 3 aliphatic rings. The van der Waals surface area contributed by atoms with E-state index in [0.29, 0.717) is 31.7 Å². The molecule has 40 heavy (non-hydrogen) atoms. The maximum absolute atomic E-state index is 14.2. The first kappa shape index (κ1) is 28.5. The molecule has 3 aliphatic heterocycles. The molecule has 2 aromatic rings. The van der Waals surface area contributed by atoms with E-state index in [1.54, 1.807) is 28.8 Å². The monoisotopic (exact) mass is 565 g/mol. The van der Waals surface area contributed by atoms with Crippen LogP contribution in [0.2, 0.25) is 0 Å². The van der Waals surface area contributed by atoms with E-state index >= 15 is 0 Å². The first-order chi connectivity index (χ1) is 19.2. The van der Waals surface area contributed by atoms with Crippen molar-refractivity contribution in [3.05, 3.63) is 53.6 Å². The number of nitrogens with zero attached hydrogens (tertiary/aromatic N) is 1. The van der Waals surface area contributed by atoms with Gasteiger partial charge in [0.1, 0.15) is 11.8 Å². The second kappa shape index (κ2) is 11.4.